The summed E-state index contributed by atoms with van der Waals surface area (Å²) in [5.41, 5.74) is 0.595. The standard InChI is InChI=1S/C16H16N6OS2/c1-17-15-21-19-12(24-15)9-5-6-10-13-20-22-16(25-13)18-14(23)11-7-3-2-4-8-11/h2-8H,9-10H2,1H3,(H,17,21)(H,18,22,23)/b6-5-. The van der Waals surface area contributed by atoms with Gasteiger partial charge in [-0.25, -0.2) is 0 Å². The Morgan fingerprint density at radius 2 is 1.56 bits per heavy atom. The molecule has 9 heteroatoms. The van der Waals surface area contributed by atoms with E-state index in [0.717, 1.165) is 21.6 Å². The average molecular weight is 372 g/mol. The molecule has 3 aromatic rings. The number of benzene rings is 1. The third kappa shape index (κ3) is 4.91. The van der Waals surface area contributed by atoms with Gasteiger partial charge < -0.3 is 5.32 Å². The molecular weight excluding hydrogens is 356 g/mol. The van der Waals surface area contributed by atoms with Crippen LogP contribution in [0.4, 0.5) is 10.3 Å². The van der Waals surface area contributed by atoms with Crippen LogP contribution in [0.15, 0.2) is 42.5 Å². The number of rotatable bonds is 7. The fourth-order valence-corrected chi connectivity index (χ4v) is 3.33. The second-order valence-electron chi connectivity index (χ2n) is 4.95. The summed E-state index contributed by atoms with van der Waals surface area (Å²) in [6.45, 7) is 0. The number of nitrogens with zero attached hydrogens (tertiary/aromatic N) is 4. The van der Waals surface area contributed by atoms with Crippen molar-refractivity contribution >= 4 is 38.8 Å². The quantitative estimate of drug-likeness (QED) is 0.619. The maximum atomic E-state index is 12.1. The number of hydrogen-bond donors (Lipinski definition) is 2. The fraction of sp³-hybridized carbons (Fsp3) is 0.188. The average Bonchev–Trinajstić information content (AvgIpc) is 3.28. The van der Waals surface area contributed by atoms with Crippen LogP contribution in [0, 0.1) is 0 Å². The molecule has 2 heterocycles. The van der Waals surface area contributed by atoms with E-state index < -0.39 is 0 Å². The Morgan fingerprint density at radius 3 is 2.16 bits per heavy atom. The van der Waals surface area contributed by atoms with Crippen molar-refractivity contribution in [1.82, 2.24) is 20.4 Å². The lowest BCUT2D eigenvalue weighted by Crippen LogP contribution is -2.11. The Morgan fingerprint density at radius 1 is 0.960 bits per heavy atom. The summed E-state index contributed by atoms with van der Waals surface area (Å²) >= 11 is 2.90. The van der Waals surface area contributed by atoms with E-state index in [4.69, 9.17) is 0 Å². The van der Waals surface area contributed by atoms with Crippen molar-refractivity contribution in [3.8, 4) is 0 Å². The zero-order valence-corrected chi connectivity index (χ0v) is 15.1. The summed E-state index contributed by atoms with van der Waals surface area (Å²) in [6.07, 6.45) is 5.44. The molecule has 0 radical (unpaired) electrons. The van der Waals surface area contributed by atoms with Gasteiger partial charge in [-0.2, -0.15) is 0 Å². The number of amides is 1. The number of carbonyl (C=O) groups excluding carboxylic acids is 1. The van der Waals surface area contributed by atoms with Crippen molar-refractivity contribution in [2.24, 2.45) is 0 Å². The zero-order valence-electron chi connectivity index (χ0n) is 13.5. The zero-order chi connectivity index (χ0) is 17.5. The van der Waals surface area contributed by atoms with Crippen LogP contribution < -0.4 is 10.6 Å². The van der Waals surface area contributed by atoms with Crippen molar-refractivity contribution in [2.45, 2.75) is 12.8 Å². The van der Waals surface area contributed by atoms with E-state index in [0.29, 0.717) is 17.1 Å². The third-order valence-electron chi connectivity index (χ3n) is 3.16. The van der Waals surface area contributed by atoms with Crippen molar-refractivity contribution in [3.63, 3.8) is 0 Å². The van der Waals surface area contributed by atoms with Gasteiger partial charge in [0, 0.05) is 25.5 Å². The number of hydrogen-bond acceptors (Lipinski definition) is 8. The van der Waals surface area contributed by atoms with E-state index >= 15 is 0 Å². The molecule has 1 amide bonds. The van der Waals surface area contributed by atoms with Gasteiger partial charge in [-0.05, 0) is 12.1 Å². The smallest absolute Gasteiger partial charge is 0.257 e. The number of allylic oxidation sites excluding steroid dienone is 2. The van der Waals surface area contributed by atoms with E-state index in [-0.39, 0.29) is 5.91 Å². The molecule has 0 fully saturated rings. The minimum absolute atomic E-state index is 0.185. The normalized spacial score (nSPS) is 10.9. The molecule has 2 aromatic heterocycles. The molecule has 2 N–H and O–H groups in total. The van der Waals surface area contributed by atoms with Crippen LogP contribution in [0.1, 0.15) is 20.4 Å². The molecule has 0 aliphatic heterocycles. The Balaban J connectivity index is 1.49. The van der Waals surface area contributed by atoms with Crippen LogP contribution in [0.3, 0.4) is 0 Å². The summed E-state index contributed by atoms with van der Waals surface area (Å²) in [4.78, 5) is 12.1. The highest BCUT2D eigenvalue weighted by Crippen LogP contribution is 2.18. The topological polar surface area (TPSA) is 92.7 Å². The molecule has 1 aromatic carbocycles. The second-order valence-corrected chi connectivity index (χ2v) is 7.08. The molecule has 0 atom stereocenters. The van der Waals surface area contributed by atoms with Gasteiger partial charge in [-0.3, -0.25) is 10.1 Å². The summed E-state index contributed by atoms with van der Waals surface area (Å²) < 4.78 is 0. The highest BCUT2D eigenvalue weighted by Gasteiger charge is 2.09. The molecule has 0 saturated heterocycles. The van der Waals surface area contributed by atoms with Gasteiger partial charge in [0.05, 0.1) is 0 Å². The molecule has 0 aliphatic rings. The van der Waals surface area contributed by atoms with Gasteiger partial charge in [0.2, 0.25) is 10.3 Å². The largest absolute Gasteiger partial charge is 0.363 e. The van der Waals surface area contributed by atoms with E-state index in [1.807, 2.05) is 37.4 Å². The first kappa shape index (κ1) is 17.2. The van der Waals surface area contributed by atoms with Gasteiger partial charge in [0.15, 0.2) is 0 Å². The Bertz CT molecular complexity index is 858. The maximum Gasteiger partial charge on any atom is 0.257 e. The number of aromatic nitrogens is 4. The lowest BCUT2D eigenvalue weighted by molar-refractivity contribution is 0.102. The fourth-order valence-electron chi connectivity index (χ4n) is 1.95. The van der Waals surface area contributed by atoms with Crippen LogP contribution in [0.2, 0.25) is 0 Å². The van der Waals surface area contributed by atoms with Gasteiger partial charge in [0.1, 0.15) is 10.0 Å². The molecule has 128 valence electrons. The molecule has 0 saturated carbocycles. The van der Waals surface area contributed by atoms with Gasteiger partial charge in [-0.15, -0.1) is 20.4 Å². The molecule has 0 aliphatic carbocycles. The lowest BCUT2D eigenvalue weighted by atomic mass is 10.2. The van der Waals surface area contributed by atoms with Gasteiger partial charge in [-0.1, -0.05) is 53.0 Å². The minimum atomic E-state index is -0.185. The van der Waals surface area contributed by atoms with Crippen LogP contribution in [-0.2, 0) is 12.8 Å². The molecule has 0 spiro atoms. The van der Waals surface area contributed by atoms with Crippen LogP contribution >= 0.6 is 22.7 Å². The SMILES string of the molecule is CNc1nnc(C/C=C\Cc2nnc(NC(=O)c3ccccc3)s2)s1. The first-order chi connectivity index (χ1) is 12.2. The van der Waals surface area contributed by atoms with E-state index in [2.05, 4.69) is 31.0 Å². The van der Waals surface area contributed by atoms with Crippen molar-refractivity contribution in [2.75, 3.05) is 17.7 Å². The first-order valence-corrected chi connectivity index (χ1v) is 9.22. The summed E-state index contributed by atoms with van der Waals surface area (Å²) in [5.74, 6) is -0.185. The first-order valence-electron chi connectivity index (χ1n) is 7.58. The predicted octanol–water partition coefficient (Wildman–Crippen LogP) is 3.03. The van der Waals surface area contributed by atoms with Crippen LogP contribution in [-0.4, -0.2) is 33.3 Å². The minimum Gasteiger partial charge on any atom is -0.363 e. The van der Waals surface area contributed by atoms with Crippen LogP contribution in [0.5, 0.6) is 0 Å². The molecular formula is C16H16N6OS2. The highest BCUT2D eigenvalue weighted by atomic mass is 32.1. The highest BCUT2D eigenvalue weighted by molar-refractivity contribution is 7.15. The number of carbonyl (C=O) groups is 1. The molecule has 25 heavy (non-hydrogen) atoms. The van der Waals surface area contributed by atoms with E-state index in [1.54, 1.807) is 12.1 Å². The van der Waals surface area contributed by atoms with E-state index in [9.17, 15) is 4.79 Å². The summed E-state index contributed by atoms with van der Waals surface area (Å²) in [6, 6.07) is 9.03. The molecule has 0 unspecified atom stereocenters. The summed E-state index contributed by atoms with van der Waals surface area (Å²) in [7, 11) is 1.82. The maximum absolute atomic E-state index is 12.1. The van der Waals surface area contributed by atoms with E-state index in [1.165, 1.54) is 22.7 Å². The lowest BCUT2D eigenvalue weighted by Gasteiger charge is -1.99. The second kappa shape index (κ2) is 8.45. The van der Waals surface area contributed by atoms with Crippen molar-refractivity contribution in [3.05, 3.63) is 58.1 Å². The Hall–Kier alpha value is -2.65. The number of anilines is 2. The van der Waals surface area contributed by atoms with Crippen LogP contribution in [0.25, 0.3) is 0 Å². The predicted molar refractivity (Wildman–Crippen MR) is 100 cm³/mol. The third-order valence-corrected chi connectivity index (χ3v) is 4.98. The molecule has 3 rings (SSSR count). The number of nitrogens with one attached hydrogen (secondary N) is 2. The summed E-state index contributed by atoms with van der Waals surface area (Å²) in [5, 5.41) is 25.0. The molecule has 0 bridgehead atoms. The van der Waals surface area contributed by atoms with Gasteiger partial charge >= 0.3 is 0 Å². The Kier molecular flexibility index (Phi) is 5.81. The Labute approximate surface area is 152 Å². The monoisotopic (exact) mass is 372 g/mol. The van der Waals surface area contributed by atoms with Crippen molar-refractivity contribution in [1.29, 1.82) is 0 Å². The molecule has 7 nitrogen and oxygen atoms in total. The van der Waals surface area contributed by atoms with Gasteiger partial charge in [0.25, 0.3) is 5.91 Å². The van der Waals surface area contributed by atoms with Crippen molar-refractivity contribution < 1.29 is 4.79 Å².